The van der Waals surface area contributed by atoms with Crippen LogP contribution in [0.5, 0.6) is 0 Å². The van der Waals surface area contributed by atoms with Crippen LogP contribution in [0.3, 0.4) is 0 Å². The summed E-state index contributed by atoms with van der Waals surface area (Å²) in [4.78, 5) is 12.1. The molecule has 0 fully saturated rings. The highest BCUT2D eigenvalue weighted by atomic mass is 35.5. The summed E-state index contributed by atoms with van der Waals surface area (Å²) in [7, 11) is 1.63. The zero-order valence-electron chi connectivity index (χ0n) is 16.3. The molecule has 0 saturated heterocycles. The number of hydrogen-bond acceptors (Lipinski definition) is 6. The number of rotatable bonds is 5. The highest BCUT2D eigenvalue weighted by Crippen LogP contribution is 2.35. The number of halogens is 2. The van der Waals surface area contributed by atoms with Gasteiger partial charge >= 0.3 is 0 Å². The highest BCUT2D eigenvalue weighted by molar-refractivity contribution is 6.34. The van der Waals surface area contributed by atoms with Crippen LogP contribution in [0.1, 0.15) is 26.0 Å². The van der Waals surface area contributed by atoms with Crippen LogP contribution in [0.2, 0.25) is 5.15 Å². The first-order valence-electron chi connectivity index (χ1n) is 8.92. The molecule has 0 aliphatic heterocycles. The molecule has 0 aliphatic carbocycles. The minimum Gasteiger partial charge on any atom is -0.385 e. The Labute approximate surface area is 172 Å². The molecule has 0 spiro atoms. The third-order valence-electron chi connectivity index (χ3n) is 4.07. The maximum Gasteiger partial charge on any atom is 0.220 e. The van der Waals surface area contributed by atoms with E-state index in [1.54, 1.807) is 33.2 Å². The van der Waals surface area contributed by atoms with Gasteiger partial charge in [0.15, 0.2) is 11.0 Å². The van der Waals surface area contributed by atoms with Crippen molar-refractivity contribution in [2.24, 2.45) is 0 Å². The molecule has 3 rings (SSSR count). The van der Waals surface area contributed by atoms with Crippen molar-refractivity contribution in [2.45, 2.75) is 32.4 Å². The van der Waals surface area contributed by atoms with E-state index in [9.17, 15) is 9.50 Å². The van der Waals surface area contributed by atoms with Gasteiger partial charge in [-0.3, -0.25) is 0 Å². The van der Waals surface area contributed by atoms with E-state index in [4.69, 9.17) is 22.1 Å². The number of fused-ring (bicyclic) bond motifs is 1. The molecule has 152 valence electrons. The Morgan fingerprint density at radius 1 is 1.38 bits per heavy atom. The number of methoxy groups -OCH3 is 1. The maximum atomic E-state index is 14.5. The average Bonchev–Trinajstić information content (AvgIpc) is 3.01. The van der Waals surface area contributed by atoms with Crippen molar-refractivity contribution in [1.29, 1.82) is 0 Å². The lowest BCUT2D eigenvalue weighted by Gasteiger charge is -2.07. The molecule has 0 bridgehead atoms. The Morgan fingerprint density at radius 2 is 2.14 bits per heavy atom. The van der Waals surface area contributed by atoms with Crippen LogP contribution < -0.4 is 5.73 Å². The second-order valence-corrected chi connectivity index (χ2v) is 7.37. The fourth-order valence-corrected chi connectivity index (χ4v) is 3.17. The van der Waals surface area contributed by atoms with Crippen LogP contribution in [-0.4, -0.2) is 43.9 Å². The third-order valence-corrected chi connectivity index (χ3v) is 4.34. The summed E-state index contributed by atoms with van der Waals surface area (Å²) >= 11 is 6.46. The number of hydrogen-bond donors (Lipinski definition) is 2. The number of nitrogens with zero attached hydrogens (tertiary/aromatic N) is 4. The molecule has 9 heteroatoms. The van der Waals surface area contributed by atoms with Crippen molar-refractivity contribution in [3.63, 3.8) is 0 Å². The first-order chi connectivity index (χ1) is 13.7. The molecule has 0 saturated carbocycles. The first-order valence-corrected chi connectivity index (χ1v) is 9.29. The van der Waals surface area contributed by atoms with E-state index in [1.165, 1.54) is 0 Å². The lowest BCUT2D eigenvalue weighted by atomic mass is 10.1. The van der Waals surface area contributed by atoms with Gasteiger partial charge in [-0.15, -0.1) is 0 Å². The van der Waals surface area contributed by atoms with Crippen molar-refractivity contribution in [1.82, 2.24) is 19.5 Å². The highest BCUT2D eigenvalue weighted by Gasteiger charge is 2.19. The van der Waals surface area contributed by atoms with Crippen molar-refractivity contribution in [2.75, 3.05) is 19.5 Å². The van der Waals surface area contributed by atoms with E-state index in [0.29, 0.717) is 35.3 Å². The molecule has 0 atom stereocenters. The number of ether oxygens (including phenoxy) is 1. The number of aromatic nitrogens is 4. The second-order valence-electron chi connectivity index (χ2n) is 7.01. The van der Waals surface area contributed by atoms with E-state index >= 15 is 0 Å². The molecule has 3 aromatic rings. The largest absolute Gasteiger partial charge is 0.385 e. The van der Waals surface area contributed by atoms with E-state index in [2.05, 4.69) is 26.8 Å². The second kappa shape index (κ2) is 8.33. The molecule has 0 amide bonds. The Bertz CT molecular complexity index is 1110. The van der Waals surface area contributed by atoms with Gasteiger partial charge in [0.1, 0.15) is 17.0 Å². The lowest BCUT2D eigenvalue weighted by Crippen LogP contribution is -2.14. The summed E-state index contributed by atoms with van der Waals surface area (Å²) in [6.07, 6.45) is 3.51. The molecular formula is C20H21ClFN5O2. The minimum atomic E-state index is -1.19. The standard InChI is InChI=1S/C20H21ClFN5O2/c1-20(2,28)6-5-12-9-13-14(16-15(22)10-24-19(23)26-16)11-27(7-4-8-29-3)17(13)18(21)25-12/h9-11,28H,4,7-8H2,1-3H3,(H2,23,24,26). The number of anilines is 1. The van der Waals surface area contributed by atoms with Gasteiger partial charge in [-0.1, -0.05) is 17.5 Å². The van der Waals surface area contributed by atoms with Gasteiger partial charge in [0.25, 0.3) is 0 Å². The zero-order chi connectivity index (χ0) is 21.2. The Balaban J connectivity index is 2.23. The van der Waals surface area contributed by atoms with Crippen LogP contribution in [0.25, 0.3) is 22.2 Å². The molecule has 29 heavy (non-hydrogen) atoms. The monoisotopic (exact) mass is 417 g/mol. The van der Waals surface area contributed by atoms with E-state index < -0.39 is 11.4 Å². The molecule has 7 nitrogen and oxygen atoms in total. The first kappa shape index (κ1) is 21.0. The summed E-state index contributed by atoms with van der Waals surface area (Å²) in [6, 6.07) is 1.69. The van der Waals surface area contributed by atoms with Gasteiger partial charge in [0.05, 0.1) is 11.7 Å². The number of nitrogens with two attached hydrogens (primary N) is 1. The summed E-state index contributed by atoms with van der Waals surface area (Å²) < 4.78 is 21.5. The molecule has 3 aromatic heterocycles. The van der Waals surface area contributed by atoms with Crippen LogP contribution in [0, 0.1) is 17.7 Å². The topological polar surface area (TPSA) is 99.1 Å². The number of nitrogen functional groups attached to an aromatic ring is 1. The third kappa shape index (κ3) is 4.82. The zero-order valence-corrected chi connectivity index (χ0v) is 17.1. The van der Waals surface area contributed by atoms with Crippen LogP contribution in [0.15, 0.2) is 18.5 Å². The fraction of sp³-hybridized carbons (Fsp3) is 0.350. The van der Waals surface area contributed by atoms with Crippen molar-refractivity contribution >= 4 is 28.5 Å². The van der Waals surface area contributed by atoms with Crippen molar-refractivity contribution in [3.8, 4) is 23.1 Å². The van der Waals surface area contributed by atoms with Gasteiger partial charge < -0.3 is 20.1 Å². The Kier molecular flexibility index (Phi) is 6.03. The van der Waals surface area contributed by atoms with Gasteiger partial charge in [0, 0.05) is 37.4 Å². The van der Waals surface area contributed by atoms with E-state index in [0.717, 1.165) is 12.6 Å². The molecular weight excluding hydrogens is 397 g/mol. The Hall–Kier alpha value is -2.73. The van der Waals surface area contributed by atoms with Crippen LogP contribution in [-0.2, 0) is 11.3 Å². The SMILES string of the molecule is COCCCn1cc(-c2nc(N)ncc2F)c2cc(C#CC(C)(C)O)nc(Cl)c21. The average molecular weight is 418 g/mol. The smallest absolute Gasteiger partial charge is 0.220 e. The molecule has 0 unspecified atom stereocenters. The van der Waals surface area contributed by atoms with Gasteiger partial charge in [0.2, 0.25) is 5.95 Å². The molecule has 3 N–H and O–H groups in total. The van der Waals surface area contributed by atoms with Gasteiger partial charge in [-0.25, -0.2) is 19.3 Å². The van der Waals surface area contributed by atoms with E-state index in [-0.39, 0.29) is 16.8 Å². The van der Waals surface area contributed by atoms with Gasteiger partial charge in [-0.2, -0.15) is 0 Å². The normalized spacial score (nSPS) is 11.5. The number of aryl methyl sites for hydroxylation is 1. The predicted octanol–water partition coefficient (Wildman–Crippen LogP) is 3.03. The predicted molar refractivity (Wildman–Crippen MR) is 110 cm³/mol. The summed E-state index contributed by atoms with van der Waals surface area (Å²) in [5.74, 6) is 4.87. The summed E-state index contributed by atoms with van der Waals surface area (Å²) in [5.41, 5.74) is 6.02. The summed E-state index contributed by atoms with van der Waals surface area (Å²) in [5, 5.41) is 10.7. The minimum absolute atomic E-state index is 0.0381. The number of pyridine rings is 1. The van der Waals surface area contributed by atoms with Crippen LogP contribution >= 0.6 is 11.6 Å². The van der Waals surface area contributed by atoms with Crippen molar-refractivity contribution in [3.05, 3.63) is 35.1 Å². The number of aliphatic hydroxyl groups is 1. The molecule has 3 heterocycles. The lowest BCUT2D eigenvalue weighted by molar-refractivity contribution is 0.143. The fourth-order valence-electron chi connectivity index (χ4n) is 2.87. The van der Waals surface area contributed by atoms with Crippen LogP contribution in [0.4, 0.5) is 10.3 Å². The molecule has 0 radical (unpaired) electrons. The van der Waals surface area contributed by atoms with E-state index in [1.807, 2.05) is 4.57 Å². The van der Waals surface area contributed by atoms with Gasteiger partial charge in [-0.05, 0) is 32.3 Å². The Morgan fingerprint density at radius 3 is 2.83 bits per heavy atom. The quantitative estimate of drug-likeness (QED) is 0.376. The van der Waals surface area contributed by atoms with Crippen molar-refractivity contribution < 1.29 is 14.2 Å². The molecule has 0 aliphatic rings. The molecule has 0 aromatic carbocycles. The maximum absolute atomic E-state index is 14.5. The summed E-state index contributed by atoms with van der Waals surface area (Å²) in [6.45, 7) is 4.28.